The van der Waals surface area contributed by atoms with E-state index in [2.05, 4.69) is 5.32 Å². The Morgan fingerprint density at radius 3 is 2.19 bits per heavy atom. The molecule has 0 aromatic heterocycles. The average Bonchev–Trinajstić information content (AvgIpc) is 2.73. The number of sulfonamides is 1. The van der Waals surface area contributed by atoms with E-state index in [-0.39, 0.29) is 18.7 Å². The first-order valence-electron chi connectivity index (χ1n) is 10.1. The summed E-state index contributed by atoms with van der Waals surface area (Å²) in [5.41, 5.74) is 0.287. The summed E-state index contributed by atoms with van der Waals surface area (Å²) in [5.74, 6) is -2.35. The van der Waals surface area contributed by atoms with Gasteiger partial charge in [0.1, 0.15) is 24.2 Å². The standard InChI is InChI=1S/C22H27F2N3O4S/c1-4-19(22(29)25-5-2)26(14-16-10-12-17(23)13-11-16)21(28)15-27(32(3,30)31)20-9-7-6-8-18(20)24/h6-13,19H,4-5,14-15H2,1-3H3,(H,25,29). The molecule has 0 heterocycles. The van der Waals surface area contributed by atoms with E-state index in [4.69, 9.17) is 0 Å². The Hall–Kier alpha value is -3.01. The fraction of sp³-hybridized carbons (Fsp3) is 0.364. The molecule has 0 fully saturated rings. The quantitative estimate of drug-likeness (QED) is 0.582. The molecule has 1 atom stereocenters. The Morgan fingerprint density at radius 1 is 1.03 bits per heavy atom. The summed E-state index contributed by atoms with van der Waals surface area (Å²) in [6.45, 7) is 3.05. The smallest absolute Gasteiger partial charge is 0.244 e. The molecular formula is C22H27F2N3O4S. The molecule has 10 heteroatoms. The molecule has 0 saturated carbocycles. The topological polar surface area (TPSA) is 86.8 Å². The van der Waals surface area contributed by atoms with Crippen LogP contribution in [0.1, 0.15) is 25.8 Å². The highest BCUT2D eigenvalue weighted by atomic mass is 32.2. The van der Waals surface area contributed by atoms with Gasteiger partial charge in [-0.3, -0.25) is 13.9 Å². The van der Waals surface area contributed by atoms with Crippen molar-refractivity contribution in [3.63, 3.8) is 0 Å². The largest absolute Gasteiger partial charge is 0.355 e. The maximum atomic E-state index is 14.3. The fourth-order valence-electron chi connectivity index (χ4n) is 3.25. The van der Waals surface area contributed by atoms with Crippen LogP contribution in [0.5, 0.6) is 0 Å². The molecule has 0 aliphatic carbocycles. The highest BCUT2D eigenvalue weighted by Crippen LogP contribution is 2.22. The van der Waals surface area contributed by atoms with Crippen molar-refractivity contribution in [1.82, 2.24) is 10.2 Å². The molecule has 0 spiro atoms. The Bertz CT molecular complexity index is 1050. The van der Waals surface area contributed by atoms with Gasteiger partial charge in [-0.15, -0.1) is 0 Å². The second-order valence-corrected chi connectivity index (χ2v) is 9.09. The number of nitrogens with one attached hydrogen (secondary N) is 1. The van der Waals surface area contributed by atoms with Gasteiger partial charge in [0.2, 0.25) is 21.8 Å². The predicted molar refractivity (Wildman–Crippen MR) is 118 cm³/mol. The van der Waals surface area contributed by atoms with Crippen molar-refractivity contribution < 1.29 is 26.8 Å². The van der Waals surface area contributed by atoms with Gasteiger partial charge in [-0.1, -0.05) is 31.2 Å². The van der Waals surface area contributed by atoms with E-state index >= 15 is 0 Å². The van der Waals surface area contributed by atoms with Crippen LogP contribution in [0.2, 0.25) is 0 Å². The minimum absolute atomic E-state index is 0.0520. The summed E-state index contributed by atoms with van der Waals surface area (Å²) in [7, 11) is -4.01. The third-order valence-corrected chi connectivity index (χ3v) is 5.93. The van der Waals surface area contributed by atoms with Gasteiger partial charge in [-0.05, 0) is 43.2 Å². The molecule has 7 nitrogen and oxygen atoms in total. The lowest BCUT2D eigenvalue weighted by Gasteiger charge is -2.32. The lowest BCUT2D eigenvalue weighted by atomic mass is 10.1. The molecule has 1 unspecified atom stereocenters. The van der Waals surface area contributed by atoms with Gasteiger partial charge < -0.3 is 10.2 Å². The van der Waals surface area contributed by atoms with Gasteiger partial charge >= 0.3 is 0 Å². The van der Waals surface area contributed by atoms with Crippen molar-refractivity contribution in [2.24, 2.45) is 0 Å². The number of rotatable bonds is 10. The highest BCUT2D eigenvalue weighted by Gasteiger charge is 2.32. The minimum Gasteiger partial charge on any atom is -0.355 e. The Kier molecular flexibility index (Phi) is 8.71. The molecule has 2 aromatic carbocycles. The van der Waals surface area contributed by atoms with E-state index in [0.29, 0.717) is 16.4 Å². The fourth-order valence-corrected chi connectivity index (χ4v) is 4.10. The SMILES string of the molecule is CCNC(=O)C(CC)N(Cc1ccc(F)cc1)C(=O)CN(c1ccccc1F)S(C)(=O)=O. The van der Waals surface area contributed by atoms with Crippen LogP contribution >= 0.6 is 0 Å². The monoisotopic (exact) mass is 467 g/mol. The van der Waals surface area contributed by atoms with Gasteiger partial charge in [-0.25, -0.2) is 17.2 Å². The molecule has 2 aromatic rings. The number of benzene rings is 2. The van der Waals surface area contributed by atoms with Gasteiger partial charge in [-0.2, -0.15) is 0 Å². The van der Waals surface area contributed by atoms with Crippen LogP contribution in [0.3, 0.4) is 0 Å². The second-order valence-electron chi connectivity index (χ2n) is 7.19. The van der Waals surface area contributed by atoms with E-state index in [1.165, 1.54) is 47.4 Å². The van der Waals surface area contributed by atoms with Crippen molar-refractivity contribution in [2.45, 2.75) is 32.9 Å². The van der Waals surface area contributed by atoms with Crippen LogP contribution in [0.4, 0.5) is 14.5 Å². The minimum atomic E-state index is -4.01. The second kappa shape index (κ2) is 11.0. The summed E-state index contributed by atoms with van der Waals surface area (Å²) in [6, 6.07) is 9.74. The normalized spacial score (nSPS) is 12.2. The van der Waals surface area contributed by atoms with Gasteiger partial charge in [0.15, 0.2) is 0 Å². The molecule has 2 rings (SSSR count). The first-order valence-corrected chi connectivity index (χ1v) is 12.0. The summed E-state index contributed by atoms with van der Waals surface area (Å²) < 4.78 is 53.1. The zero-order chi connectivity index (χ0) is 23.9. The van der Waals surface area contributed by atoms with Crippen LogP contribution in [0.25, 0.3) is 0 Å². The number of halogens is 2. The van der Waals surface area contributed by atoms with Crippen LogP contribution in [-0.4, -0.2) is 50.5 Å². The molecule has 1 N–H and O–H groups in total. The Labute approximate surface area is 187 Å². The van der Waals surface area contributed by atoms with E-state index in [0.717, 1.165) is 12.3 Å². The van der Waals surface area contributed by atoms with E-state index in [1.807, 2.05) is 0 Å². The van der Waals surface area contributed by atoms with Gasteiger partial charge in [0.25, 0.3) is 0 Å². The molecule has 0 radical (unpaired) electrons. The first kappa shape index (κ1) is 25.3. The molecule has 0 aliphatic heterocycles. The molecule has 32 heavy (non-hydrogen) atoms. The predicted octanol–water partition coefficient (Wildman–Crippen LogP) is 2.67. The third-order valence-electron chi connectivity index (χ3n) is 4.80. The summed E-state index contributed by atoms with van der Waals surface area (Å²) in [5, 5.41) is 2.67. The van der Waals surface area contributed by atoms with Crippen molar-refractivity contribution >= 4 is 27.5 Å². The third kappa shape index (κ3) is 6.49. The van der Waals surface area contributed by atoms with Crippen molar-refractivity contribution in [3.8, 4) is 0 Å². The Morgan fingerprint density at radius 2 is 1.66 bits per heavy atom. The maximum absolute atomic E-state index is 14.3. The first-order chi connectivity index (χ1) is 15.1. The highest BCUT2D eigenvalue weighted by molar-refractivity contribution is 7.92. The lowest BCUT2D eigenvalue weighted by molar-refractivity contribution is -0.140. The zero-order valence-electron chi connectivity index (χ0n) is 18.2. The van der Waals surface area contributed by atoms with E-state index in [1.54, 1.807) is 13.8 Å². The van der Waals surface area contributed by atoms with Crippen LogP contribution in [-0.2, 0) is 26.2 Å². The lowest BCUT2D eigenvalue weighted by Crippen LogP contribution is -2.52. The number of carbonyl (C=O) groups excluding carboxylic acids is 2. The number of hydrogen-bond donors (Lipinski definition) is 1. The van der Waals surface area contributed by atoms with E-state index in [9.17, 15) is 26.8 Å². The van der Waals surface area contributed by atoms with Crippen molar-refractivity contribution in [2.75, 3.05) is 23.7 Å². The van der Waals surface area contributed by atoms with Crippen LogP contribution in [0, 0.1) is 11.6 Å². The van der Waals surface area contributed by atoms with Crippen LogP contribution in [0.15, 0.2) is 48.5 Å². The van der Waals surface area contributed by atoms with Gasteiger partial charge in [0.05, 0.1) is 11.9 Å². The number of hydrogen-bond acceptors (Lipinski definition) is 4. The van der Waals surface area contributed by atoms with Crippen molar-refractivity contribution in [3.05, 3.63) is 65.7 Å². The number of likely N-dealkylation sites (N-methyl/N-ethyl adjacent to an activating group) is 1. The Balaban J connectivity index is 2.43. The van der Waals surface area contributed by atoms with Crippen molar-refractivity contribution in [1.29, 1.82) is 0 Å². The van der Waals surface area contributed by atoms with Gasteiger partial charge in [0, 0.05) is 13.1 Å². The number of nitrogens with zero attached hydrogens (tertiary/aromatic N) is 2. The maximum Gasteiger partial charge on any atom is 0.244 e. The number of para-hydroxylation sites is 1. The number of carbonyl (C=O) groups is 2. The summed E-state index contributed by atoms with van der Waals surface area (Å²) in [4.78, 5) is 27.2. The molecule has 174 valence electrons. The molecule has 0 bridgehead atoms. The average molecular weight is 468 g/mol. The molecule has 2 amide bonds. The van der Waals surface area contributed by atoms with Crippen LogP contribution < -0.4 is 9.62 Å². The summed E-state index contributed by atoms with van der Waals surface area (Å²) >= 11 is 0. The zero-order valence-corrected chi connectivity index (χ0v) is 19.0. The summed E-state index contributed by atoms with van der Waals surface area (Å²) in [6.07, 6.45) is 1.13. The molecule has 0 aliphatic rings. The molecular weight excluding hydrogens is 440 g/mol. The molecule has 0 saturated heterocycles. The van der Waals surface area contributed by atoms with E-state index < -0.39 is 46.1 Å². The number of amides is 2. The number of anilines is 1.